The predicted molar refractivity (Wildman–Crippen MR) is 76.2 cm³/mol. The molecule has 1 fully saturated rings. The first-order valence-electron chi connectivity index (χ1n) is 6.87. The maximum atomic E-state index is 12.0. The van der Waals surface area contributed by atoms with Gasteiger partial charge in [-0.05, 0) is 43.5 Å². The molecule has 0 radical (unpaired) electrons. The van der Waals surface area contributed by atoms with Crippen molar-refractivity contribution in [2.75, 3.05) is 32.1 Å². The van der Waals surface area contributed by atoms with Crippen LogP contribution in [-0.2, 0) is 16.0 Å². The zero-order valence-electron chi connectivity index (χ0n) is 11.4. The van der Waals surface area contributed by atoms with Crippen LogP contribution >= 0.6 is 0 Å². The number of hydrogen-bond acceptors (Lipinski definition) is 3. The van der Waals surface area contributed by atoms with Crippen molar-refractivity contribution in [1.29, 1.82) is 0 Å². The quantitative estimate of drug-likeness (QED) is 0.822. The number of rotatable bonds is 6. The highest BCUT2D eigenvalue weighted by Gasteiger charge is 2.18. The SMILES string of the molecule is COCCc1ccccc1NC(=O)CC1CCNC1. The molecule has 2 rings (SSSR count). The van der Waals surface area contributed by atoms with E-state index in [1.807, 2.05) is 24.3 Å². The highest BCUT2D eigenvalue weighted by molar-refractivity contribution is 5.91. The number of anilines is 1. The van der Waals surface area contributed by atoms with E-state index in [4.69, 9.17) is 4.74 Å². The summed E-state index contributed by atoms with van der Waals surface area (Å²) >= 11 is 0. The minimum absolute atomic E-state index is 0.110. The summed E-state index contributed by atoms with van der Waals surface area (Å²) in [6.07, 6.45) is 2.52. The Hall–Kier alpha value is -1.39. The summed E-state index contributed by atoms with van der Waals surface area (Å²) in [7, 11) is 1.69. The average Bonchev–Trinajstić information content (AvgIpc) is 2.90. The van der Waals surface area contributed by atoms with E-state index in [-0.39, 0.29) is 5.91 Å². The van der Waals surface area contributed by atoms with Gasteiger partial charge in [-0.2, -0.15) is 0 Å². The maximum Gasteiger partial charge on any atom is 0.224 e. The van der Waals surface area contributed by atoms with Crippen LogP contribution in [0.4, 0.5) is 5.69 Å². The van der Waals surface area contributed by atoms with Gasteiger partial charge >= 0.3 is 0 Å². The van der Waals surface area contributed by atoms with Gasteiger partial charge in [0, 0.05) is 19.2 Å². The minimum atomic E-state index is 0.110. The number of ether oxygens (including phenoxy) is 1. The molecule has 0 bridgehead atoms. The topological polar surface area (TPSA) is 50.4 Å². The van der Waals surface area contributed by atoms with Crippen LogP contribution in [0.25, 0.3) is 0 Å². The van der Waals surface area contributed by atoms with Crippen LogP contribution in [-0.4, -0.2) is 32.7 Å². The molecular formula is C15H22N2O2. The summed E-state index contributed by atoms with van der Waals surface area (Å²) in [6, 6.07) is 7.92. The van der Waals surface area contributed by atoms with Crippen molar-refractivity contribution in [2.24, 2.45) is 5.92 Å². The molecular weight excluding hydrogens is 240 g/mol. The van der Waals surface area contributed by atoms with Gasteiger partial charge in [0.2, 0.25) is 5.91 Å². The number of benzene rings is 1. The lowest BCUT2D eigenvalue weighted by molar-refractivity contribution is -0.116. The Morgan fingerprint density at radius 2 is 2.32 bits per heavy atom. The van der Waals surface area contributed by atoms with Crippen LogP contribution in [0.2, 0.25) is 0 Å². The summed E-state index contributed by atoms with van der Waals surface area (Å²) in [5.74, 6) is 0.588. The molecule has 1 aromatic rings. The molecule has 1 aromatic carbocycles. The Labute approximate surface area is 114 Å². The number of carbonyl (C=O) groups excluding carboxylic acids is 1. The molecule has 1 heterocycles. The Kier molecular flexibility index (Phi) is 5.36. The molecule has 1 aliphatic heterocycles. The fraction of sp³-hybridized carbons (Fsp3) is 0.533. The third-order valence-corrected chi connectivity index (χ3v) is 3.50. The second kappa shape index (κ2) is 7.26. The van der Waals surface area contributed by atoms with Crippen molar-refractivity contribution in [3.63, 3.8) is 0 Å². The lowest BCUT2D eigenvalue weighted by Crippen LogP contribution is -2.19. The van der Waals surface area contributed by atoms with Gasteiger partial charge < -0.3 is 15.4 Å². The number of amides is 1. The molecule has 1 atom stereocenters. The lowest BCUT2D eigenvalue weighted by atomic mass is 10.0. The maximum absolute atomic E-state index is 12.0. The zero-order valence-corrected chi connectivity index (χ0v) is 11.4. The average molecular weight is 262 g/mol. The van der Waals surface area contributed by atoms with E-state index in [1.54, 1.807) is 7.11 Å². The lowest BCUT2D eigenvalue weighted by Gasteiger charge is -2.12. The molecule has 1 unspecified atom stereocenters. The van der Waals surface area contributed by atoms with Gasteiger partial charge in [-0.1, -0.05) is 18.2 Å². The van der Waals surface area contributed by atoms with Crippen LogP contribution in [0.5, 0.6) is 0 Å². The fourth-order valence-corrected chi connectivity index (χ4v) is 2.42. The number of hydrogen-bond donors (Lipinski definition) is 2. The molecule has 0 aromatic heterocycles. The summed E-state index contributed by atoms with van der Waals surface area (Å²) in [4.78, 5) is 12.0. The summed E-state index contributed by atoms with van der Waals surface area (Å²) in [5, 5.41) is 6.31. The number of carbonyl (C=O) groups is 1. The van der Waals surface area contributed by atoms with E-state index in [0.29, 0.717) is 18.9 Å². The Morgan fingerprint density at radius 3 is 3.05 bits per heavy atom. The van der Waals surface area contributed by atoms with Gasteiger partial charge in [-0.15, -0.1) is 0 Å². The molecule has 1 saturated heterocycles. The van der Waals surface area contributed by atoms with Crippen LogP contribution in [0, 0.1) is 5.92 Å². The molecule has 2 N–H and O–H groups in total. The van der Waals surface area contributed by atoms with E-state index in [9.17, 15) is 4.79 Å². The Bertz CT molecular complexity index is 414. The van der Waals surface area contributed by atoms with Crippen LogP contribution in [0.3, 0.4) is 0 Å². The predicted octanol–water partition coefficient (Wildman–Crippen LogP) is 1.81. The zero-order chi connectivity index (χ0) is 13.5. The molecule has 19 heavy (non-hydrogen) atoms. The van der Waals surface area contributed by atoms with Crippen molar-refractivity contribution in [2.45, 2.75) is 19.3 Å². The largest absolute Gasteiger partial charge is 0.384 e. The molecule has 1 aliphatic rings. The summed E-state index contributed by atoms with van der Waals surface area (Å²) in [6.45, 7) is 2.65. The van der Waals surface area contributed by atoms with Gasteiger partial charge in [0.25, 0.3) is 0 Å². The van der Waals surface area contributed by atoms with E-state index >= 15 is 0 Å². The number of para-hydroxylation sites is 1. The van der Waals surface area contributed by atoms with Gasteiger partial charge in [0.1, 0.15) is 0 Å². The van der Waals surface area contributed by atoms with Gasteiger partial charge in [-0.3, -0.25) is 4.79 Å². The number of methoxy groups -OCH3 is 1. The Balaban J connectivity index is 1.91. The van der Waals surface area contributed by atoms with Gasteiger partial charge in [0.15, 0.2) is 0 Å². The first-order chi connectivity index (χ1) is 9.29. The van der Waals surface area contributed by atoms with E-state index in [2.05, 4.69) is 10.6 Å². The van der Waals surface area contributed by atoms with Crippen molar-refractivity contribution < 1.29 is 9.53 Å². The Morgan fingerprint density at radius 1 is 1.47 bits per heavy atom. The molecule has 104 valence electrons. The molecule has 0 saturated carbocycles. The second-order valence-electron chi connectivity index (χ2n) is 5.01. The summed E-state index contributed by atoms with van der Waals surface area (Å²) < 4.78 is 5.09. The number of nitrogens with one attached hydrogen (secondary N) is 2. The third kappa shape index (κ3) is 4.33. The molecule has 0 spiro atoms. The molecule has 0 aliphatic carbocycles. The van der Waals surface area contributed by atoms with Gasteiger partial charge in [0.05, 0.1) is 6.61 Å². The third-order valence-electron chi connectivity index (χ3n) is 3.50. The minimum Gasteiger partial charge on any atom is -0.384 e. The van der Waals surface area contributed by atoms with E-state index in [0.717, 1.165) is 37.2 Å². The van der Waals surface area contributed by atoms with Crippen molar-refractivity contribution in [3.05, 3.63) is 29.8 Å². The van der Waals surface area contributed by atoms with Crippen molar-refractivity contribution >= 4 is 11.6 Å². The van der Waals surface area contributed by atoms with E-state index in [1.165, 1.54) is 0 Å². The summed E-state index contributed by atoms with van der Waals surface area (Å²) in [5.41, 5.74) is 2.04. The standard InChI is InChI=1S/C15H22N2O2/c1-19-9-7-13-4-2-3-5-14(13)17-15(18)10-12-6-8-16-11-12/h2-5,12,16H,6-11H2,1H3,(H,17,18). The van der Waals surface area contributed by atoms with Crippen LogP contribution in [0.15, 0.2) is 24.3 Å². The highest BCUT2D eigenvalue weighted by atomic mass is 16.5. The normalized spacial score (nSPS) is 18.5. The first kappa shape index (κ1) is 14.0. The van der Waals surface area contributed by atoms with E-state index < -0.39 is 0 Å². The molecule has 1 amide bonds. The smallest absolute Gasteiger partial charge is 0.224 e. The highest BCUT2D eigenvalue weighted by Crippen LogP contribution is 2.18. The van der Waals surface area contributed by atoms with Gasteiger partial charge in [-0.25, -0.2) is 0 Å². The monoisotopic (exact) mass is 262 g/mol. The fourth-order valence-electron chi connectivity index (χ4n) is 2.42. The van der Waals surface area contributed by atoms with Crippen LogP contribution in [0.1, 0.15) is 18.4 Å². The first-order valence-corrected chi connectivity index (χ1v) is 6.87. The van der Waals surface area contributed by atoms with Crippen molar-refractivity contribution in [1.82, 2.24) is 5.32 Å². The molecule has 4 nitrogen and oxygen atoms in total. The van der Waals surface area contributed by atoms with Crippen LogP contribution < -0.4 is 10.6 Å². The van der Waals surface area contributed by atoms with Crippen molar-refractivity contribution in [3.8, 4) is 0 Å². The molecule has 4 heteroatoms. The second-order valence-corrected chi connectivity index (χ2v) is 5.01.